The Morgan fingerprint density at radius 1 is 0.902 bits per heavy atom. The van der Waals surface area contributed by atoms with Gasteiger partial charge in [-0.1, -0.05) is 84.4 Å². The number of benzene rings is 3. The Kier molecular flexibility index (Phi) is 10.4. The zero-order valence-corrected chi connectivity index (χ0v) is 24.6. The van der Waals surface area contributed by atoms with Gasteiger partial charge >= 0.3 is 6.03 Å². The Morgan fingerprint density at radius 2 is 1.46 bits per heavy atom. The predicted molar refractivity (Wildman–Crippen MR) is 162 cm³/mol. The largest absolute Gasteiger partial charge is 0.385 e. The van der Waals surface area contributed by atoms with Crippen LogP contribution in [0.5, 0.6) is 0 Å². The number of urea groups is 1. The molecule has 220 valence electrons. The summed E-state index contributed by atoms with van der Waals surface area (Å²) >= 11 is 6.03. The van der Waals surface area contributed by atoms with Gasteiger partial charge in [-0.15, -0.1) is 0 Å². The lowest BCUT2D eigenvalue weighted by Gasteiger charge is -2.40. The normalized spacial score (nSPS) is 15.8. The van der Waals surface area contributed by atoms with Crippen molar-refractivity contribution in [1.29, 1.82) is 0 Å². The maximum atomic E-state index is 12.6. The van der Waals surface area contributed by atoms with Crippen LogP contribution in [-0.4, -0.2) is 67.5 Å². The third-order valence-corrected chi connectivity index (χ3v) is 8.96. The van der Waals surface area contributed by atoms with Gasteiger partial charge in [-0.25, -0.2) is 4.79 Å². The van der Waals surface area contributed by atoms with Crippen molar-refractivity contribution in [3.05, 3.63) is 107 Å². The average Bonchev–Trinajstić information content (AvgIpc) is 2.96. The molecule has 8 nitrogen and oxygen atoms in total. The molecule has 1 aliphatic rings. The molecule has 1 aliphatic heterocycles. The van der Waals surface area contributed by atoms with E-state index in [2.05, 4.69) is 39.8 Å². The van der Waals surface area contributed by atoms with E-state index in [1.807, 2.05) is 60.7 Å². The van der Waals surface area contributed by atoms with E-state index in [-0.39, 0.29) is 6.54 Å². The van der Waals surface area contributed by atoms with Crippen molar-refractivity contribution in [2.75, 3.05) is 38.5 Å². The van der Waals surface area contributed by atoms with Crippen LogP contribution in [0.1, 0.15) is 42.4 Å². The molecule has 0 atom stereocenters. The minimum atomic E-state index is -4.16. The summed E-state index contributed by atoms with van der Waals surface area (Å²) in [7, 11) is -4.16. The summed E-state index contributed by atoms with van der Waals surface area (Å²) in [5, 5.41) is 17.4. The third kappa shape index (κ3) is 8.53. The van der Waals surface area contributed by atoms with Gasteiger partial charge in [-0.05, 0) is 61.1 Å². The van der Waals surface area contributed by atoms with Crippen molar-refractivity contribution in [2.45, 2.75) is 36.7 Å². The molecule has 0 spiro atoms. The van der Waals surface area contributed by atoms with Crippen LogP contribution >= 0.6 is 11.6 Å². The quantitative estimate of drug-likeness (QED) is 0.226. The average molecular weight is 600 g/mol. The van der Waals surface area contributed by atoms with Crippen molar-refractivity contribution in [2.24, 2.45) is 0 Å². The van der Waals surface area contributed by atoms with Crippen LogP contribution in [-0.2, 0) is 21.1 Å². The molecule has 0 unspecified atom stereocenters. The van der Waals surface area contributed by atoms with Crippen LogP contribution in [0.3, 0.4) is 0 Å². The summed E-state index contributed by atoms with van der Waals surface area (Å²) in [6.07, 6.45) is 2.89. The highest BCUT2D eigenvalue weighted by Crippen LogP contribution is 2.38. The molecule has 0 bridgehead atoms. The lowest BCUT2D eigenvalue weighted by atomic mass is 9.71. The predicted octanol–water partition coefficient (Wildman–Crippen LogP) is 4.58. The fourth-order valence-corrected chi connectivity index (χ4v) is 6.14. The van der Waals surface area contributed by atoms with Gasteiger partial charge in [0.1, 0.15) is 0 Å². The second kappa shape index (κ2) is 13.8. The standard InChI is InChI=1S/C31H38ClN3O5S/c32-28-14-12-27(13-15-28)31(37)17-21-35(22-18-31)20-7-16-30(25-8-3-1-4-9-25,26-10-5-2-6-11-26)24-34-29(36)33-19-23-41(38,39)40/h1-6,8-15,37H,7,16-24H2,(H2,33,34,36)(H,38,39,40). The van der Waals surface area contributed by atoms with Crippen LogP contribution in [0.4, 0.5) is 4.79 Å². The highest BCUT2D eigenvalue weighted by molar-refractivity contribution is 7.85. The van der Waals surface area contributed by atoms with E-state index < -0.39 is 32.9 Å². The van der Waals surface area contributed by atoms with Crippen molar-refractivity contribution in [3.8, 4) is 0 Å². The van der Waals surface area contributed by atoms with Gasteiger partial charge in [0, 0.05) is 36.6 Å². The van der Waals surface area contributed by atoms with E-state index >= 15 is 0 Å². The molecule has 2 amide bonds. The van der Waals surface area contributed by atoms with E-state index in [4.69, 9.17) is 16.2 Å². The Labute approximate surface area is 247 Å². The van der Waals surface area contributed by atoms with E-state index in [1.54, 1.807) is 0 Å². The van der Waals surface area contributed by atoms with Gasteiger partial charge in [-0.3, -0.25) is 4.55 Å². The van der Waals surface area contributed by atoms with Crippen LogP contribution < -0.4 is 10.6 Å². The fraction of sp³-hybridized carbons (Fsp3) is 0.387. The number of hydrogen-bond acceptors (Lipinski definition) is 5. The zero-order chi connectivity index (χ0) is 29.3. The lowest BCUT2D eigenvalue weighted by Crippen LogP contribution is -2.47. The van der Waals surface area contributed by atoms with E-state index in [9.17, 15) is 18.3 Å². The lowest BCUT2D eigenvalue weighted by molar-refractivity contribution is -0.0262. The van der Waals surface area contributed by atoms with Crippen LogP contribution in [0.2, 0.25) is 5.02 Å². The monoisotopic (exact) mass is 599 g/mol. The molecule has 1 saturated heterocycles. The Bertz CT molecular complexity index is 1320. The summed E-state index contributed by atoms with van der Waals surface area (Å²) in [5.41, 5.74) is 1.66. The molecule has 0 aromatic heterocycles. The number of nitrogens with zero attached hydrogens (tertiary/aromatic N) is 1. The Hall–Kier alpha value is -2.95. The first kappa shape index (κ1) is 31.0. The number of rotatable bonds is 12. The van der Waals surface area contributed by atoms with Crippen molar-refractivity contribution < 1.29 is 22.9 Å². The molecular weight excluding hydrogens is 562 g/mol. The zero-order valence-electron chi connectivity index (χ0n) is 23.0. The minimum absolute atomic E-state index is 0.189. The van der Waals surface area contributed by atoms with Gasteiger partial charge in [0.15, 0.2) is 0 Å². The summed E-state index contributed by atoms with van der Waals surface area (Å²) in [5.74, 6) is -0.550. The number of hydrogen-bond donors (Lipinski definition) is 4. The first-order chi connectivity index (χ1) is 19.6. The molecule has 41 heavy (non-hydrogen) atoms. The topological polar surface area (TPSA) is 119 Å². The van der Waals surface area contributed by atoms with Crippen molar-refractivity contribution in [1.82, 2.24) is 15.5 Å². The van der Waals surface area contributed by atoms with E-state index in [1.165, 1.54) is 0 Å². The maximum absolute atomic E-state index is 12.6. The smallest absolute Gasteiger partial charge is 0.314 e. The van der Waals surface area contributed by atoms with Gasteiger partial charge in [0.2, 0.25) is 0 Å². The Morgan fingerprint density at radius 3 is 2.00 bits per heavy atom. The molecule has 0 saturated carbocycles. The molecule has 3 aromatic carbocycles. The number of aliphatic hydroxyl groups is 1. The highest BCUT2D eigenvalue weighted by Gasteiger charge is 2.36. The number of carbonyl (C=O) groups is 1. The molecule has 1 heterocycles. The molecule has 10 heteroatoms. The van der Waals surface area contributed by atoms with Crippen molar-refractivity contribution in [3.63, 3.8) is 0 Å². The van der Waals surface area contributed by atoms with Crippen LogP contribution in [0, 0.1) is 0 Å². The molecule has 1 fully saturated rings. The molecule has 3 aromatic rings. The van der Waals surface area contributed by atoms with Gasteiger partial charge in [-0.2, -0.15) is 8.42 Å². The summed E-state index contributed by atoms with van der Waals surface area (Å²) in [6, 6.07) is 27.1. The summed E-state index contributed by atoms with van der Waals surface area (Å²) < 4.78 is 31.0. The molecule has 4 N–H and O–H groups in total. The Balaban J connectivity index is 1.45. The van der Waals surface area contributed by atoms with Crippen LogP contribution in [0.25, 0.3) is 0 Å². The second-order valence-electron chi connectivity index (χ2n) is 10.7. The molecule has 0 aliphatic carbocycles. The first-order valence-corrected chi connectivity index (χ1v) is 15.9. The minimum Gasteiger partial charge on any atom is -0.385 e. The second-order valence-corrected chi connectivity index (χ2v) is 12.7. The first-order valence-electron chi connectivity index (χ1n) is 13.9. The number of carbonyl (C=O) groups excluding carboxylic acids is 1. The fourth-order valence-electron chi connectivity index (χ4n) is 5.65. The number of amides is 2. The molecular formula is C31H38ClN3O5S. The highest BCUT2D eigenvalue weighted by atomic mass is 35.5. The third-order valence-electron chi connectivity index (χ3n) is 7.99. The molecule has 0 radical (unpaired) electrons. The summed E-state index contributed by atoms with van der Waals surface area (Å²) in [6.45, 7) is 2.51. The van der Waals surface area contributed by atoms with Gasteiger partial charge in [0.25, 0.3) is 10.1 Å². The number of likely N-dealkylation sites (tertiary alicyclic amines) is 1. The van der Waals surface area contributed by atoms with E-state index in [0.717, 1.165) is 49.2 Å². The number of halogens is 1. The number of nitrogens with one attached hydrogen (secondary N) is 2. The summed E-state index contributed by atoms with van der Waals surface area (Å²) in [4.78, 5) is 15.0. The van der Waals surface area contributed by atoms with Gasteiger partial charge < -0.3 is 20.6 Å². The SMILES string of the molecule is O=C(NCCS(=O)(=O)O)NCC(CCCN1CCC(O)(c2ccc(Cl)cc2)CC1)(c1ccccc1)c1ccccc1. The van der Waals surface area contributed by atoms with E-state index in [0.29, 0.717) is 24.4 Å². The van der Waals surface area contributed by atoms with Gasteiger partial charge in [0.05, 0.1) is 11.4 Å². The van der Waals surface area contributed by atoms with Crippen molar-refractivity contribution >= 4 is 27.8 Å². The maximum Gasteiger partial charge on any atom is 0.314 e. The number of piperidine rings is 1. The molecule has 4 rings (SSSR count). The van der Waals surface area contributed by atoms with Crippen LogP contribution in [0.15, 0.2) is 84.9 Å².